The molecule has 0 saturated carbocycles. The molecule has 1 unspecified atom stereocenters. The van der Waals surface area contributed by atoms with Gasteiger partial charge in [-0.1, -0.05) is 0 Å². The fourth-order valence-corrected chi connectivity index (χ4v) is 2.49. The van der Waals surface area contributed by atoms with Gasteiger partial charge < -0.3 is 9.73 Å². The summed E-state index contributed by atoms with van der Waals surface area (Å²) in [6.07, 6.45) is 3.64. The minimum absolute atomic E-state index is 0.204. The van der Waals surface area contributed by atoms with E-state index < -0.39 is 9.84 Å². The molecular formula is C14H17NO3S. The van der Waals surface area contributed by atoms with Crippen LogP contribution in [0.2, 0.25) is 0 Å². The number of rotatable bonds is 5. The second-order valence-electron chi connectivity index (χ2n) is 4.63. The highest BCUT2D eigenvalue weighted by atomic mass is 32.2. The number of benzene rings is 1. The molecule has 4 nitrogen and oxygen atoms in total. The highest BCUT2D eigenvalue weighted by molar-refractivity contribution is 7.90. The smallest absolute Gasteiger partial charge is 0.175 e. The number of nitrogens with one attached hydrogen (secondary N) is 1. The molecule has 2 rings (SSSR count). The Balaban J connectivity index is 1.99. The third-order valence-electron chi connectivity index (χ3n) is 2.78. The topological polar surface area (TPSA) is 59.3 Å². The number of anilines is 1. The molecule has 1 atom stereocenters. The first-order valence-electron chi connectivity index (χ1n) is 6.04. The van der Waals surface area contributed by atoms with Gasteiger partial charge in [0.15, 0.2) is 9.84 Å². The van der Waals surface area contributed by atoms with Crippen molar-refractivity contribution in [1.29, 1.82) is 0 Å². The fourth-order valence-electron chi connectivity index (χ4n) is 1.86. The van der Waals surface area contributed by atoms with Gasteiger partial charge >= 0.3 is 0 Å². The summed E-state index contributed by atoms with van der Waals surface area (Å²) < 4.78 is 28.0. The number of sulfone groups is 1. The van der Waals surface area contributed by atoms with Crippen molar-refractivity contribution in [2.75, 3.05) is 11.6 Å². The predicted molar refractivity (Wildman–Crippen MR) is 75.0 cm³/mol. The Morgan fingerprint density at radius 2 is 1.89 bits per heavy atom. The van der Waals surface area contributed by atoms with E-state index in [2.05, 4.69) is 5.32 Å². The first kappa shape index (κ1) is 13.7. The van der Waals surface area contributed by atoms with E-state index in [1.54, 1.807) is 30.5 Å². The van der Waals surface area contributed by atoms with Crippen molar-refractivity contribution in [2.24, 2.45) is 0 Å². The monoisotopic (exact) mass is 279 g/mol. The van der Waals surface area contributed by atoms with Crippen molar-refractivity contribution in [3.8, 4) is 0 Å². The first-order chi connectivity index (χ1) is 8.95. The molecule has 0 amide bonds. The molecular weight excluding hydrogens is 262 g/mol. The van der Waals surface area contributed by atoms with Gasteiger partial charge in [0, 0.05) is 24.4 Å². The maximum absolute atomic E-state index is 11.3. The van der Waals surface area contributed by atoms with Crippen molar-refractivity contribution in [1.82, 2.24) is 0 Å². The van der Waals surface area contributed by atoms with Gasteiger partial charge in [-0.3, -0.25) is 0 Å². The lowest BCUT2D eigenvalue weighted by molar-refractivity contribution is 0.498. The summed E-state index contributed by atoms with van der Waals surface area (Å²) in [5.74, 6) is 0.924. The Kier molecular flexibility index (Phi) is 3.95. The van der Waals surface area contributed by atoms with Crippen LogP contribution in [0.5, 0.6) is 0 Å². The van der Waals surface area contributed by atoms with E-state index in [9.17, 15) is 8.42 Å². The molecule has 0 spiro atoms. The van der Waals surface area contributed by atoms with Gasteiger partial charge in [-0.2, -0.15) is 0 Å². The third kappa shape index (κ3) is 3.86. The summed E-state index contributed by atoms with van der Waals surface area (Å²) in [5.41, 5.74) is 0.895. The summed E-state index contributed by atoms with van der Waals surface area (Å²) >= 11 is 0. The van der Waals surface area contributed by atoms with Gasteiger partial charge in [0.05, 0.1) is 11.2 Å². The summed E-state index contributed by atoms with van der Waals surface area (Å²) in [7, 11) is -3.13. The maximum atomic E-state index is 11.3. The first-order valence-corrected chi connectivity index (χ1v) is 7.93. The van der Waals surface area contributed by atoms with Crippen LogP contribution in [0.3, 0.4) is 0 Å². The number of furan rings is 1. The average Bonchev–Trinajstić information content (AvgIpc) is 2.81. The van der Waals surface area contributed by atoms with Crippen LogP contribution in [-0.4, -0.2) is 20.7 Å². The van der Waals surface area contributed by atoms with Gasteiger partial charge in [0.1, 0.15) is 5.76 Å². The number of hydrogen-bond donors (Lipinski definition) is 1. The third-order valence-corrected chi connectivity index (χ3v) is 3.91. The molecule has 0 saturated heterocycles. The van der Waals surface area contributed by atoms with E-state index in [1.165, 1.54) is 6.26 Å². The fraction of sp³-hybridized carbons (Fsp3) is 0.286. The molecule has 1 heterocycles. The zero-order valence-corrected chi connectivity index (χ0v) is 11.8. The lowest BCUT2D eigenvalue weighted by Gasteiger charge is -2.14. The van der Waals surface area contributed by atoms with E-state index in [0.29, 0.717) is 4.90 Å². The quantitative estimate of drug-likeness (QED) is 0.914. The summed E-state index contributed by atoms with van der Waals surface area (Å²) in [4.78, 5) is 0.330. The van der Waals surface area contributed by atoms with Crippen molar-refractivity contribution in [2.45, 2.75) is 24.3 Å². The van der Waals surface area contributed by atoms with E-state index >= 15 is 0 Å². The highest BCUT2D eigenvalue weighted by Gasteiger charge is 2.08. The van der Waals surface area contributed by atoms with Crippen LogP contribution in [0.4, 0.5) is 5.69 Å². The number of hydrogen-bond acceptors (Lipinski definition) is 4. The van der Waals surface area contributed by atoms with Crippen LogP contribution in [0, 0.1) is 0 Å². The van der Waals surface area contributed by atoms with Crippen molar-refractivity contribution < 1.29 is 12.8 Å². The molecule has 0 bridgehead atoms. The van der Waals surface area contributed by atoms with Crippen molar-refractivity contribution in [3.63, 3.8) is 0 Å². The average molecular weight is 279 g/mol. The van der Waals surface area contributed by atoms with Crippen LogP contribution in [0.15, 0.2) is 52.0 Å². The highest BCUT2D eigenvalue weighted by Crippen LogP contribution is 2.15. The minimum Gasteiger partial charge on any atom is -0.469 e. The Labute approximate surface area is 113 Å². The zero-order chi connectivity index (χ0) is 13.9. The molecule has 0 radical (unpaired) electrons. The van der Waals surface area contributed by atoms with Gasteiger partial charge in [-0.25, -0.2) is 8.42 Å². The minimum atomic E-state index is -3.13. The van der Waals surface area contributed by atoms with E-state index in [4.69, 9.17) is 4.42 Å². The Morgan fingerprint density at radius 3 is 2.42 bits per heavy atom. The van der Waals surface area contributed by atoms with Gasteiger partial charge in [-0.05, 0) is 43.3 Å². The van der Waals surface area contributed by atoms with Crippen LogP contribution in [0.1, 0.15) is 12.7 Å². The lowest BCUT2D eigenvalue weighted by Crippen LogP contribution is -2.17. The molecule has 0 aliphatic carbocycles. The lowest BCUT2D eigenvalue weighted by atomic mass is 10.2. The van der Waals surface area contributed by atoms with Crippen LogP contribution >= 0.6 is 0 Å². The molecule has 5 heteroatoms. The summed E-state index contributed by atoms with van der Waals surface area (Å²) in [6.45, 7) is 2.05. The Bertz CT molecular complexity index is 615. The van der Waals surface area contributed by atoms with Crippen LogP contribution in [0.25, 0.3) is 0 Å². The van der Waals surface area contributed by atoms with Crippen molar-refractivity contribution >= 4 is 15.5 Å². The maximum Gasteiger partial charge on any atom is 0.175 e. The Morgan fingerprint density at radius 1 is 1.21 bits per heavy atom. The van der Waals surface area contributed by atoms with Crippen molar-refractivity contribution in [3.05, 3.63) is 48.4 Å². The van der Waals surface area contributed by atoms with Crippen LogP contribution < -0.4 is 5.32 Å². The standard InChI is InChI=1S/C14H17NO3S/c1-11(10-13-4-3-9-18-13)15-12-5-7-14(8-6-12)19(2,16)17/h3-9,11,15H,10H2,1-2H3. The van der Waals surface area contributed by atoms with Crippen LogP contribution in [-0.2, 0) is 16.3 Å². The Hall–Kier alpha value is -1.75. The molecule has 102 valence electrons. The van der Waals surface area contributed by atoms with E-state index in [-0.39, 0.29) is 6.04 Å². The molecule has 1 aromatic heterocycles. The summed E-state index contributed by atoms with van der Waals surface area (Å²) in [6, 6.07) is 10.8. The molecule has 19 heavy (non-hydrogen) atoms. The largest absolute Gasteiger partial charge is 0.469 e. The normalized spacial score (nSPS) is 13.2. The van der Waals surface area contributed by atoms with Gasteiger partial charge in [-0.15, -0.1) is 0 Å². The van der Waals surface area contributed by atoms with Gasteiger partial charge in [0.2, 0.25) is 0 Å². The molecule has 2 aromatic rings. The second kappa shape index (κ2) is 5.48. The SMILES string of the molecule is CC(Cc1ccco1)Nc1ccc(S(C)(=O)=O)cc1. The van der Waals surface area contributed by atoms with E-state index in [0.717, 1.165) is 17.9 Å². The predicted octanol–water partition coefficient (Wildman–Crippen LogP) is 2.73. The molecule has 1 aromatic carbocycles. The second-order valence-corrected chi connectivity index (χ2v) is 6.64. The zero-order valence-electron chi connectivity index (χ0n) is 11.0. The molecule has 0 aliphatic heterocycles. The summed E-state index contributed by atoms with van der Waals surface area (Å²) in [5, 5.41) is 3.30. The van der Waals surface area contributed by atoms with Gasteiger partial charge in [0.25, 0.3) is 0 Å². The molecule has 1 N–H and O–H groups in total. The molecule has 0 aliphatic rings. The van der Waals surface area contributed by atoms with E-state index in [1.807, 2.05) is 19.1 Å². The molecule has 0 fully saturated rings.